The van der Waals surface area contributed by atoms with E-state index in [1.54, 1.807) is 39.0 Å². The van der Waals surface area contributed by atoms with Gasteiger partial charge in [-0.2, -0.15) is 0 Å². The Balaban J connectivity index is 2.79. The Kier molecular flexibility index (Phi) is 5.14. The molecule has 0 spiro atoms. The van der Waals surface area contributed by atoms with Crippen LogP contribution < -0.4 is 15.5 Å². The highest BCUT2D eigenvalue weighted by molar-refractivity contribution is 5.85. The first kappa shape index (κ1) is 15.3. The van der Waals surface area contributed by atoms with Crippen LogP contribution in [-0.4, -0.2) is 24.0 Å². The van der Waals surface area contributed by atoms with Gasteiger partial charge in [0.15, 0.2) is 0 Å². The number of methoxy groups -OCH3 is 1. The van der Waals surface area contributed by atoms with Crippen molar-refractivity contribution in [2.75, 3.05) is 12.4 Å². The maximum Gasteiger partial charge on any atom is 0.412 e. The number of benzene rings is 1. The largest absolute Gasteiger partial charge is 0.496 e. The minimum Gasteiger partial charge on any atom is -0.496 e. The maximum atomic E-state index is 11.6. The number of carbonyl (C=O) groups is 1. The van der Waals surface area contributed by atoms with E-state index in [-0.39, 0.29) is 6.54 Å². The summed E-state index contributed by atoms with van der Waals surface area (Å²) in [6.07, 6.45) is -0.527. The number of hydroxylamine groups is 1. The van der Waals surface area contributed by atoms with Crippen molar-refractivity contribution in [3.8, 4) is 5.75 Å². The van der Waals surface area contributed by atoms with E-state index in [1.807, 2.05) is 0 Å². The van der Waals surface area contributed by atoms with Gasteiger partial charge < -0.3 is 14.7 Å². The number of rotatable bonds is 4. The Morgan fingerprint density at radius 1 is 1.37 bits per heavy atom. The molecule has 0 aromatic heterocycles. The normalized spacial score (nSPS) is 11.0. The van der Waals surface area contributed by atoms with E-state index in [0.717, 1.165) is 5.56 Å². The molecule has 0 radical (unpaired) electrons. The lowest BCUT2D eigenvalue weighted by molar-refractivity contribution is 0.0636. The second-order valence-electron chi connectivity index (χ2n) is 4.99. The number of hydrogen-bond acceptors (Lipinski definition) is 5. The lowest BCUT2D eigenvalue weighted by Gasteiger charge is -2.20. The number of ether oxygens (including phenoxy) is 2. The van der Waals surface area contributed by atoms with Gasteiger partial charge in [0.1, 0.15) is 11.4 Å². The van der Waals surface area contributed by atoms with E-state index in [2.05, 4.69) is 10.8 Å². The highest BCUT2D eigenvalue weighted by Gasteiger charge is 2.16. The van der Waals surface area contributed by atoms with Crippen molar-refractivity contribution in [1.29, 1.82) is 0 Å². The Morgan fingerprint density at radius 2 is 2.05 bits per heavy atom. The van der Waals surface area contributed by atoms with Crippen molar-refractivity contribution in [2.45, 2.75) is 32.9 Å². The van der Waals surface area contributed by atoms with Gasteiger partial charge in [0.2, 0.25) is 0 Å². The zero-order valence-electron chi connectivity index (χ0n) is 11.6. The van der Waals surface area contributed by atoms with Crippen molar-refractivity contribution < 1.29 is 19.5 Å². The highest BCUT2D eigenvalue weighted by atomic mass is 16.6. The number of hydrogen-bond donors (Lipinski definition) is 3. The Bertz CT molecular complexity index is 441. The predicted octanol–water partition coefficient (Wildman–Crippen LogP) is 2.52. The van der Waals surface area contributed by atoms with Crippen LogP contribution in [0.4, 0.5) is 10.5 Å². The fraction of sp³-hybridized carbons (Fsp3) is 0.462. The molecule has 0 fully saturated rings. The standard InChI is InChI=1S/C13H20N2O4/c1-13(2,3)19-12(16)15-10-5-6-11(18-4)9(7-10)8-14-17/h5-7,14,17H,8H2,1-4H3,(H,15,16). The lowest BCUT2D eigenvalue weighted by Crippen LogP contribution is -2.27. The monoisotopic (exact) mass is 268 g/mol. The second-order valence-corrected chi connectivity index (χ2v) is 4.99. The van der Waals surface area contributed by atoms with Crippen LogP contribution in [0.2, 0.25) is 0 Å². The third-order valence-electron chi connectivity index (χ3n) is 2.20. The second kappa shape index (κ2) is 6.40. The van der Waals surface area contributed by atoms with E-state index in [4.69, 9.17) is 14.7 Å². The molecule has 0 saturated carbocycles. The van der Waals surface area contributed by atoms with Gasteiger partial charge in [-0.3, -0.25) is 5.32 Å². The summed E-state index contributed by atoms with van der Waals surface area (Å²) in [5, 5.41) is 11.4. The van der Waals surface area contributed by atoms with Gasteiger partial charge in [0.05, 0.1) is 7.11 Å². The molecule has 1 aromatic carbocycles. The van der Waals surface area contributed by atoms with Gasteiger partial charge in [-0.15, -0.1) is 0 Å². The van der Waals surface area contributed by atoms with Gasteiger partial charge >= 0.3 is 6.09 Å². The quantitative estimate of drug-likeness (QED) is 0.731. The van der Waals surface area contributed by atoms with Crippen LogP contribution in [0.5, 0.6) is 5.75 Å². The Morgan fingerprint density at radius 3 is 2.58 bits per heavy atom. The summed E-state index contributed by atoms with van der Waals surface area (Å²) in [6, 6.07) is 5.11. The molecule has 6 nitrogen and oxygen atoms in total. The van der Waals surface area contributed by atoms with Crippen LogP contribution >= 0.6 is 0 Å². The molecule has 0 aliphatic carbocycles. The average molecular weight is 268 g/mol. The molecule has 0 aliphatic heterocycles. The van der Waals surface area contributed by atoms with Gasteiger partial charge in [-0.05, 0) is 39.0 Å². The summed E-state index contributed by atoms with van der Waals surface area (Å²) >= 11 is 0. The molecular weight excluding hydrogens is 248 g/mol. The molecule has 1 aromatic rings. The fourth-order valence-electron chi connectivity index (χ4n) is 1.50. The molecule has 106 valence electrons. The third kappa shape index (κ3) is 5.15. The summed E-state index contributed by atoms with van der Waals surface area (Å²) in [5.74, 6) is 0.622. The minimum atomic E-state index is -0.550. The highest BCUT2D eigenvalue weighted by Crippen LogP contribution is 2.23. The zero-order valence-corrected chi connectivity index (χ0v) is 11.6. The van der Waals surface area contributed by atoms with Crippen molar-refractivity contribution in [2.24, 2.45) is 0 Å². The smallest absolute Gasteiger partial charge is 0.412 e. The van der Waals surface area contributed by atoms with Crippen LogP contribution in [0.15, 0.2) is 18.2 Å². The van der Waals surface area contributed by atoms with Crippen molar-refractivity contribution in [3.05, 3.63) is 23.8 Å². The zero-order chi connectivity index (χ0) is 14.5. The first-order chi connectivity index (χ1) is 8.85. The molecule has 19 heavy (non-hydrogen) atoms. The van der Waals surface area contributed by atoms with E-state index in [1.165, 1.54) is 7.11 Å². The molecule has 1 amide bonds. The average Bonchev–Trinajstić information content (AvgIpc) is 2.27. The molecule has 3 N–H and O–H groups in total. The van der Waals surface area contributed by atoms with E-state index in [0.29, 0.717) is 11.4 Å². The number of carbonyl (C=O) groups excluding carboxylic acids is 1. The third-order valence-corrected chi connectivity index (χ3v) is 2.20. The molecule has 0 saturated heterocycles. The molecule has 0 heterocycles. The van der Waals surface area contributed by atoms with Gasteiger partial charge in [-0.25, -0.2) is 10.3 Å². The van der Waals surface area contributed by atoms with Crippen LogP contribution in [0.25, 0.3) is 0 Å². The van der Waals surface area contributed by atoms with Crippen LogP contribution in [0, 0.1) is 0 Å². The molecule has 0 bridgehead atoms. The predicted molar refractivity (Wildman–Crippen MR) is 71.5 cm³/mol. The topological polar surface area (TPSA) is 79.8 Å². The number of nitrogens with one attached hydrogen (secondary N) is 2. The number of amides is 1. The van der Waals surface area contributed by atoms with Crippen LogP contribution in [0.3, 0.4) is 0 Å². The molecule has 1 rings (SSSR count). The molecule has 0 aliphatic rings. The number of anilines is 1. The van der Waals surface area contributed by atoms with Crippen molar-refractivity contribution >= 4 is 11.8 Å². The summed E-state index contributed by atoms with van der Waals surface area (Å²) in [5.41, 5.74) is 2.79. The van der Waals surface area contributed by atoms with E-state index in [9.17, 15) is 4.79 Å². The van der Waals surface area contributed by atoms with Crippen molar-refractivity contribution in [3.63, 3.8) is 0 Å². The first-order valence-electron chi connectivity index (χ1n) is 5.89. The lowest BCUT2D eigenvalue weighted by atomic mass is 10.1. The van der Waals surface area contributed by atoms with E-state index >= 15 is 0 Å². The fourth-order valence-corrected chi connectivity index (χ4v) is 1.50. The minimum absolute atomic E-state index is 0.215. The summed E-state index contributed by atoms with van der Waals surface area (Å²) in [7, 11) is 1.54. The van der Waals surface area contributed by atoms with E-state index < -0.39 is 11.7 Å². The van der Waals surface area contributed by atoms with Crippen LogP contribution in [0.1, 0.15) is 26.3 Å². The first-order valence-corrected chi connectivity index (χ1v) is 5.89. The SMILES string of the molecule is COc1ccc(NC(=O)OC(C)(C)C)cc1CNO. The summed E-state index contributed by atoms with van der Waals surface area (Å²) < 4.78 is 10.3. The molecular formula is C13H20N2O4. The van der Waals surface area contributed by atoms with Gasteiger partial charge in [-0.1, -0.05) is 0 Å². The van der Waals surface area contributed by atoms with Gasteiger partial charge in [0.25, 0.3) is 0 Å². The summed E-state index contributed by atoms with van der Waals surface area (Å²) in [4.78, 5) is 11.6. The molecule has 0 atom stereocenters. The van der Waals surface area contributed by atoms with Crippen LogP contribution in [-0.2, 0) is 11.3 Å². The van der Waals surface area contributed by atoms with Crippen molar-refractivity contribution in [1.82, 2.24) is 5.48 Å². The van der Waals surface area contributed by atoms with Gasteiger partial charge in [0, 0.05) is 17.8 Å². The summed E-state index contributed by atoms with van der Waals surface area (Å²) in [6.45, 7) is 5.60. The Hall–Kier alpha value is -1.79. The molecule has 6 heteroatoms. The maximum absolute atomic E-state index is 11.6. The Labute approximate surface area is 112 Å². The molecule has 0 unspecified atom stereocenters.